The number of rotatable bonds is 7. The van der Waals surface area contributed by atoms with Crippen LogP contribution in [0.15, 0.2) is 53.0 Å². The standard InChI is InChI=1S/C27H33BrN4O2/c1-7-14-31(26(34)20-11-9-12-21(28)15-20)17-25(33)29-24-16-23(27(4,5)6)30-32(24)22-13-8-10-18(2)19(22)3/h8-13,15-16H,7,14,17H2,1-6H3,(H,29,33). The molecule has 2 amide bonds. The zero-order chi connectivity index (χ0) is 25.0. The third kappa shape index (κ3) is 5.95. The van der Waals surface area contributed by atoms with Gasteiger partial charge in [-0.05, 0) is 55.7 Å². The Hall–Kier alpha value is -2.93. The van der Waals surface area contributed by atoms with Crippen molar-refractivity contribution in [2.45, 2.75) is 53.4 Å². The average Bonchev–Trinajstić information content (AvgIpc) is 3.18. The van der Waals surface area contributed by atoms with Gasteiger partial charge in [-0.2, -0.15) is 5.10 Å². The third-order valence-electron chi connectivity index (χ3n) is 5.74. The van der Waals surface area contributed by atoms with Crippen molar-refractivity contribution in [3.63, 3.8) is 0 Å². The van der Waals surface area contributed by atoms with Gasteiger partial charge in [0.25, 0.3) is 5.91 Å². The van der Waals surface area contributed by atoms with Gasteiger partial charge in [0.15, 0.2) is 0 Å². The number of carbonyl (C=O) groups is 2. The molecule has 0 spiro atoms. The first-order valence-electron chi connectivity index (χ1n) is 11.5. The molecule has 0 saturated heterocycles. The highest BCUT2D eigenvalue weighted by atomic mass is 79.9. The predicted octanol–water partition coefficient (Wildman–Crippen LogP) is 6.04. The van der Waals surface area contributed by atoms with Gasteiger partial charge in [-0.3, -0.25) is 9.59 Å². The van der Waals surface area contributed by atoms with E-state index >= 15 is 0 Å². The van der Waals surface area contributed by atoms with E-state index in [9.17, 15) is 9.59 Å². The van der Waals surface area contributed by atoms with E-state index in [1.54, 1.807) is 21.7 Å². The van der Waals surface area contributed by atoms with Crippen LogP contribution in [0.1, 0.15) is 61.3 Å². The number of anilines is 1. The highest BCUT2D eigenvalue weighted by Gasteiger charge is 2.24. The molecule has 0 aliphatic rings. The maximum absolute atomic E-state index is 13.1. The molecule has 3 rings (SSSR count). The van der Waals surface area contributed by atoms with Crippen molar-refractivity contribution in [2.24, 2.45) is 0 Å². The molecule has 6 nitrogen and oxygen atoms in total. The smallest absolute Gasteiger partial charge is 0.254 e. The lowest BCUT2D eigenvalue weighted by Gasteiger charge is -2.22. The van der Waals surface area contributed by atoms with Gasteiger partial charge in [0, 0.05) is 28.1 Å². The van der Waals surface area contributed by atoms with Crippen LogP contribution >= 0.6 is 15.9 Å². The quantitative estimate of drug-likeness (QED) is 0.409. The molecule has 3 aromatic rings. The maximum atomic E-state index is 13.1. The van der Waals surface area contributed by atoms with E-state index in [0.717, 1.165) is 33.4 Å². The molecule has 0 fully saturated rings. The third-order valence-corrected chi connectivity index (χ3v) is 6.23. The number of carbonyl (C=O) groups excluding carboxylic acids is 2. The molecule has 0 aliphatic heterocycles. The molecule has 180 valence electrons. The Balaban J connectivity index is 1.90. The van der Waals surface area contributed by atoms with E-state index in [1.165, 1.54) is 0 Å². The van der Waals surface area contributed by atoms with Crippen molar-refractivity contribution in [2.75, 3.05) is 18.4 Å². The Kier molecular flexibility index (Phi) is 7.97. The van der Waals surface area contributed by atoms with E-state index in [2.05, 4.69) is 55.0 Å². The molecule has 0 atom stereocenters. The van der Waals surface area contributed by atoms with Crippen molar-refractivity contribution in [3.8, 4) is 5.69 Å². The van der Waals surface area contributed by atoms with E-state index in [1.807, 2.05) is 44.2 Å². The highest BCUT2D eigenvalue weighted by Crippen LogP contribution is 2.28. The Morgan fingerprint density at radius 3 is 2.44 bits per heavy atom. The Bertz CT molecular complexity index is 1190. The number of hydrogen-bond donors (Lipinski definition) is 1. The molecule has 34 heavy (non-hydrogen) atoms. The number of aromatic nitrogens is 2. The molecule has 0 unspecified atom stereocenters. The summed E-state index contributed by atoms with van der Waals surface area (Å²) >= 11 is 3.41. The summed E-state index contributed by atoms with van der Waals surface area (Å²) in [6.07, 6.45) is 0.752. The van der Waals surface area contributed by atoms with Gasteiger partial charge >= 0.3 is 0 Å². The number of amides is 2. The molecule has 1 heterocycles. The van der Waals surface area contributed by atoms with Gasteiger partial charge in [-0.25, -0.2) is 4.68 Å². The van der Waals surface area contributed by atoms with E-state index in [0.29, 0.717) is 17.9 Å². The van der Waals surface area contributed by atoms with Gasteiger partial charge in [0.2, 0.25) is 5.91 Å². The average molecular weight is 525 g/mol. The Morgan fingerprint density at radius 2 is 1.79 bits per heavy atom. The molecule has 7 heteroatoms. The van der Waals surface area contributed by atoms with Crippen LogP contribution < -0.4 is 5.32 Å². The van der Waals surface area contributed by atoms with Crippen molar-refractivity contribution in [3.05, 3.63) is 75.4 Å². The normalized spacial score (nSPS) is 11.4. The van der Waals surface area contributed by atoms with E-state index < -0.39 is 0 Å². The minimum absolute atomic E-state index is 0.0397. The highest BCUT2D eigenvalue weighted by molar-refractivity contribution is 9.10. The van der Waals surface area contributed by atoms with Crippen LogP contribution in [-0.2, 0) is 10.2 Å². The molecule has 2 aromatic carbocycles. The molecule has 1 aromatic heterocycles. The van der Waals surface area contributed by atoms with Crippen molar-refractivity contribution >= 4 is 33.6 Å². The number of halogens is 1. The van der Waals surface area contributed by atoms with Crippen LogP contribution in [0.4, 0.5) is 5.82 Å². The van der Waals surface area contributed by atoms with Crippen molar-refractivity contribution in [1.82, 2.24) is 14.7 Å². The molecule has 0 saturated carbocycles. The lowest BCUT2D eigenvalue weighted by molar-refractivity contribution is -0.116. The monoisotopic (exact) mass is 524 g/mol. The first kappa shape index (κ1) is 25.7. The maximum Gasteiger partial charge on any atom is 0.254 e. The predicted molar refractivity (Wildman–Crippen MR) is 141 cm³/mol. The number of aryl methyl sites for hydroxylation is 1. The molecule has 1 N–H and O–H groups in total. The summed E-state index contributed by atoms with van der Waals surface area (Å²) < 4.78 is 2.62. The molecular formula is C27H33BrN4O2. The fourth-order valence-corrected chi connectivity index (χ4v) is 4.07. The fraction of sp³-hybridized carbons (Fsp3) is 0.370. The van der Waals surface area contributed by atoms with Crippen LogP contribution in [0.2, 0.25) is 0 Å². The van der Waals surface area contributed by atoms with Crippen LogP contribution in [-0.4, -0.2) is 39.6 Å². The number of benzene rings is 2. The Labute approximate surface area is 210 Å². The van der Waals surface area contributed by atoms with Gasteiger partial charge in [-0.1, -0.05) is 61.8 Å². The number of nitrogens with one attached hydrogen (secondary N) is 1. The topological polar surface area (TPSA) is 67.2 Å². The SMILES string of the molecule is CCCN(CC(=O)Nc1cc(C(C)(C)C)nn1-c1cccc(C)c1C)C(=O)c1cccc(Br)c1. The van der Waals surface area contributed by atoms with Gasteiger partial charge in [0.05, 0.1) is 11.4 Å². The summed E-state index contributed by atoms with van der Waals surface area (Å²) in [5.74, 6) is 0.162. The van der Waals surface area contributed by atoms with Gasteiger partial charge in [-0.15, -0.1) is 0 Å². The van der Waals surface area contributed by atoms with Gasteiger partial charge in [0.1, 0.15) is 12.4 Å². The summed E-state index contributed by atoms with van der Waals surface area (Å²) in [5.41, 5.74) is 4.40. The van der Waals surface area contributed by atoms with Crippen LogP contribution in [0.3, 0.4) is 0 Å². The minimum atomic E-state index is -0.260. The van der Waals surface area contributed by atoms with Crippen molar-refractivity contribution < 1.29 is 9.59 Å². The molecule has 0 radical (unpaired) electrons. The molecular weight excluding hydrogens is 492 g/mol. The van der Waals surface area contributed by atoms with E-state index in [-0.39, 0.29) is 23.8 Å². The number of nitrogens with zero attached hydrogens (tertiary/aromatic N) is 3. The van der Waals surface area contributed by atoms with Crippen molar-refractivity contribution in [1.29, 1.82) is 0 Å². The summed E-state index contributed by atoms with van der Waals surface area (Å²) in [4.78, 5) is 27.8. The first-order chi connectivity index (χ1) is 16.0. The molecule has 0 aliphatic carbocycles. The lowest BCUT2D eigenvalue weighted by atomic mass is 9.92. The largest absolute Gasteiger partial charge is 0.329 e. The molecule has 0 bridgehead atoms. The zero-order valence-electron chi connectivity index (χ0n) is 20.8. The van der Waals surface area contributed by atoms with Crippen LogP contribution in [0, 0.1) is 13.8 Å². The minimum Gasteiger partial charge on any atom is -0.329 e. The van der Waals surface area contributed by atoms with E-state index in [4.69, 9.17) is 5.10 Å². The van der Waals surface area contributed by atoms with Gasteiger partial charge < -0.3 is 10.2 Å². The van der Waals surface area contributed by atoms with Crippen LogP contribution in [0.5, 0.6) is 0 Å². The lowest BCUT2D eigenvalue weighted by Crippen LogP contribution is -2.38. The summed E-state index contributed by atoms with van der Waals surface area (Å²) in [5, 5.41) is 7.84. The fourth-order valence-electron chi connectivity index (χ4n) is 3.67. The second-order valence-electron chi connectivity index (χ2n) is 9.58. The first-order valence-corrected chi connectivity index (χ1v) is 12.3. The zero-order valence-corrected chi connectivity index (χ0v) is 22.4. The second-order valence-corrected chi connectivity index (χ2v) is 10.5. The summed E-state index contributed by atoms with van der Waals surface area (Å²) in [6.45, 7) is 12.8. The van der Waals surface area contributed by atoms with Crippen LogP contribution in [0.25, 0.3) is 5.69 Å². The Morgan fingerprint density at radius 1 is 1.09 bits per heavy atom. The summed E-state index contributed by atoms with van der Waals surface area (Å²) in [7, 11) is 0. The second kappa shape index (κ2) is 10.6. The summed E-state index contributed by atoms with van der Waals surface area (Å²) in [6, 6.07) is 15.2. The number of hydrogen-bond acceptors (Lipinski definition) is 3.